The predicted molar refractivity (Wildman–Crippen MR) is 148 cm³/mol. The number of nitrogens with zero attached hydrogens (tertiary/aromatic N) is 2. The minimum atomic E-state index is -0.534. The molecule has 192 valence electrons. The summed E-state index contributed by atoms with van der Waals surface area (Å²) in [4.78, 5) is 45.7. The lowest BCUT2D eigenvalue weighted by Gasteiger charge is -2.11. The van der Waals surface area contributed by atoms with E-state index < -0.39 is 5.97 Å². The van der Waals surface area contributed by atoms with Gasteiger partial charge in [0.1, 0.15) is 26.9 Å². The Kier molecular flexibility index (Phi) is 7.36. The Bertz CT molecular complexity index is 1580. The maximum absolute atomic E-state index is 13.3. The van der Waals surface area contributed by atoms with Crippen LogP contribution in [0.3, 0.4) is 0 Å². The van der Waals surface area contributed by atoms with Gasteiger partial charge in [-0.3, -0.25) is 14.2 Å². The molecule has 4 aromatic rings. The number of anilines is 1. The van der Waals surface area contributed by atoms with E-state index in [1.807, 2.05) is 13.0 Å². The Morgan fingerprint density at radius 3 is 2.92 bits per heavy atom. The number of allylic oxidation sites excluding steroid dienone is 1. The molecule has 8 nitrogen and oxygen atoms in total. The number of hydrogen-bond acceptors (Lipinski definition) is 9. The number of aryl methyl sites for hydroxylation is 3. The molecule has 1 aliphatic rings. The molecule has 37 heavy (non-hydrogen) atoms. The van der Waals surface area contributed by atoms with Gasteiger partial charge in [-0.15, -0.1) is 29.3 Å². The molecular formula is C26H25N3O5S3. The molecule has 0 aromatic carbocycles. The molecule has 4 heterocycles. The number of fused-ring (bicyclic) bond motifs is 3. The van der Waals surface area contributed by atoms with E-state index in [0.29, 0.717) is 39.2 Å². The largest absolute Gasteiger partial charge is 0.462 e. The van der Waals surface area contributed by atoms with Gasteiger partial charge >= 0.3 is 5.97 Å². The monoisotopic (exact) mass is 555 g/mol. The van der Waals surface area contributed by atoms with Crippen molar-refractivity contribution < 1.29 is 18.7 Å². The molecule has 0 saturated heterocycles. The van der Waals surface area contributed by atoms with Gasteiger partial charge in [-0.1, -0.05) is 17.8 Å². The number of amides is 1. The maximum Gasteiger partial charge on any atom is 0.341 e. The second kappa shape index (κ2) is 10.7. The van der Waals surface area contributed by atoms with Crippen LogP contribution in [-0.2, 0) is 28.9 Å². The molecule has 0 radical (unpaired) electrons. The molecule has 1 amide bonds. The van der Waals surface area contributed by atoms with Crippen LogP contribution in [0.15, 0.2) is 44.5 Å². The van der Waals surface area contributed by atoms with Gasteiger partial charge in [0, 0.05) is 22.4 Å². The summed E-state index contributed by atoms with van der Waals surface area (Å²) < 4.78 is 12.5. The number of hydrogen-bond donors (Lipinski definition) is 1. The molecule has 1 aliphatic carbocycles. The number of rotatable bonds is 9. The highest BCUT2D eigenvalue weighted by Gasteiger charge is 2.26. The van der Waals surface area contributed by atoms with Crippen LogP contribution in [-0.4, -0.2) is 33.8 Å². The van der Waals surface area contributed by atoms with Gasteiger partial charge in [0.05, 0.1) is 17.7 Å². The molecule has 0 aliphatic heterocycles. The number of thioether (sulfide) groups is 1. The summed E-state index contributed by atoms with van der Waals surface area (Å²) in [6, 6.07) is 3.59. The number of furan rings is 1. The van der Waals surface area contributed by atoms with Crippen molar-refractivity contribution in [1.82, 2.24) is 9.55 Å². The molecule has 0 fully saturated rings. The van der Waals surface area contributed by atoms with Crippen molar-refractivity contribution in [2.75, 3.05) is 17.7 Å². The van der Waals surface area contributed by atoms with Crippen LogP contribution in [0, 0.1) is 6.92 Å². The molecule has 11 heteroatoms. The van der Waals surface area contributed by atoms with E-state index in [2.05, 4.69) is 11.9 Å². The van der Waals surface area contributed by atoms with Gasteiger partial charge in [-0.25, -0.2) is 9.78 Å². The Morgan fingerprint density at radius 2 is 2.19 bits per heavy atom. The van der Waals surface area contributed by atoms with E-state index >= 15 is 0 Å². The van der Waals surface area contributed by atoms with Crippen molar-refractivity contribution >= 4 is 61.5 Å². The second-order valence-corrected chi connectivity index (χ2v) is 11.4. The van der Waals surface area contributed by atoms with Crippen molar-refractivity contribution in [1.29, 1.82) is 0 Å². The van der Waals surface area contributed by atoms with Crippen molar-refractivity contribution in [3.05, 3.63) is 62.3 Å². The summed E-state index contributed by atoms with van der Waals surface area (Å²) in [5.41, 5.74) is 1.86. The summed E-state index contributed by atoms with van der Waals surface area (Å²) in [6.45, 7) is 7.83. The van der Waals surface area contributed by atoms with Gasteiger partial charge < -0.3 is 14.5 Å². The number of ether oxygens (including phenoxy) is 1. The zero-order chi connectivity index (χ0) is 26.1. The van der Waals surface area contributed by atoms with E-state index in [1.165, 1.54) is 28.0 Å². The smallest absolute Gasteiger partial charge is 0.341 e. The number of carbonyl (C=O) groups is 2. The molecule has 0 spiro atoms. The third-order valence-electron chi connectivity index (χ3n) is 5.96. The van der Waals surface area contributed by atoms with E-state index in [1.54, 1.807) is 40.4 Å². The summed E-state index contributed by atoms with van der Waals surface area (Å²) >= 11 is 3.98. The minimum Gasteiger partial charge on any atom is -0.462 e. The minimum absolute atomic E-state index is 0.00946. The van der Waals surface area contributed by atoms with Crippen molar-refractivity contribution in [3.63, 3.8) is 0 Å². The zero-order valence-corrected chi connectivity index (χ0v) is 22.9. The normalized spacial score (nSPS) is 12.6. The molecular weight excluding hydrogens is 531 g/mol. The van der Waals surface area contributed by atoms with Gasteiger partial charge in [-0.05, 0) is 50.8 Å². The quantitative estimate of drug-likeness (QED) is 0.123. The van der Waals surface area contributed by atoms with Gasteiger partial charge in [0.2, 0.25) is 5.91 Å². The maximum atomic E-state index is 13.3. The third-order valence-corrected chi connectivity index (χ3v) is 9.02. The summed E-state index contributed by atoms with van der Waals surface area (Å²) in [7, 11) is 0. The fourth-order valence-electron chi connectivity index (χ4n) is 4.37. The van der Waals surface area contributed by atoms with Crippen LogP contribution < -0.4 is 10.9 Å². The summed E-state index contributed by atoms with van der Waals surface area (Å²) in [5.74, 6) is 0.390. The van der Waals surface area contributed by atoms with Gasteiger partial charge in [0.25, 0.3) is 5.56 Å². The van der Waals surface area contributed by atoms with E-state index in [9.17, 15) is 14.4 Å². The van der Waals surface area contributed by atoms with Crippen LogP contribution in [0.4, 0.5) is 5.00 Å². The number of carbonyl (C=O) groups excluding carboxylic acids is 2. The molecule has 0 saturated carbocycles. The number of aromatic nitrogens is 2. The van der Waals surface area contributed by atoms with Crippen LogP contribution in [0.2, 0.25) is 0 Å². The number of thiophene rings is 2. The average Bonchev–Trinajstić information content (AvgIpc) is 3.64. The molecule has 0 unspecified atom stereocenters. The lowest BCUT2D eigenvalue weighted by atomic mass is 10.1. The predicted octanol–water partition coefficient (Wildman–Crippen LogP) is 5.67. The second-order valence-electron chi connectivity index (χ2n) is 8.46. The van der Waals surface area contributed by atoms with Crippen LogP contribution in [0.5, 0.6) is 0 Å². The first-order valence-corrected chi connectivity index (χ1v) is 14.5. The van der Waals surface area contributed by atoms with Crippen LogP contribution in [0.25, 0.3) is 21.5 Å². The van der Waals surface area contributed by atoms with Crippen molar-refractivity contribution in [2.24, 2.45) is 0 Å². The standard InChI is InChI=1S/C26H25N3O5S3/c1-4-11-29-24(31)20-15-7-6-8-18(15)37-23(20)28-26(29)36-13-19(30)27-22-21(25(32)33-5-2)16(12-35-22)17-10-9-14(3)34-17/h4,9-10,12H,1,5-8,11,13H2,2-3H3,(H,27,30). The fourth-order valence-corrected chi connectivity index (χ4v) is 7.43. The van der Waals surface area contributed by atoms with Crippen LogP contribution in [0.1, 0.15) is 39.9 Å². The first kappa shape index (κ1) is 25.5. The highest BCUT2D eigenvalue weighted by Crippen LogP contribution is 2.38. The lowest BCUT2D eigenvalue weighted by molar-refractivity contribution is -0.113. The highest BCUT2D eigenvalue weighted by atomic mass is 32.2. The van der Waals surface area contributed by atoms with Crippen molar-refractivity contribution in [3.8, 4) is 11.3 Å². The fraction of sp³-hybridized carbons (Fsp3) is 0.308. The Labute approximate surface area is 225 Å². The topological polar surface area (TPSA) is 103 Å². The number of esters is 1. The summed E-state index contributed by atoms with van der Waals surface area (Å²) in [5, 5.41) is 6.15. The first-order chi connectivity index (χ1) is 17.9. The Morgan fingerprint density at radius 1 is 1.35 bits per heavy atom. The molecule has 5 rings (SSSR count). The van der Waals surface area contributed by atoms with Gasteiger partial charge in [-0.2, -0.15) is 0 Å². The SMILES string of the molecule is C=CCn1c(SCC(=O)Nc2scc(-c3ccc(C)o3)c2C(=O)OCC)nc2sc3c(c2c1=O)CCC3. The Balaban J connectivity index is 1.39. The van der Waals surface area contributed by atoms with E-state index in [4.69, 9.17) is 14.1 Å². The van der Waals surface area contributed by atoms with Crippen LogP contribution >= 0.6 is 34.4 Å². The Hall–Kier alpha value is -3.15. The van der Waals surface area contributed by atoms with Gasteiger partial charge in [0.15, 0.2) is 5.16 Å². The number of nitrogens with one attached hydrogen (secondary N) is 1. The zero-order valence-electron chi connectivity index (χ0n) is 20.4. The molecule has 1 N–H and O–H groups in total. The molecule has 0 bridgehead atoms. The summed E-state index contributed by atoms with van der Waals surface area (Å²) in [6.07, 6.45) is 4.59. The molecule has 4 aromatic heterocycles. The van der Waals surface area contributed by atoms with Crippen molar-refractivity contribution in [2.45, 2.75) is 44.8 Å². The third kappa shape index (κ3) is 4.90. The lowest BCUT2D eigenvalue weighted by Crippen LogP contribution is -2.24. The highest BCUT2D eigenvalue weighted by molar-refractivity contribution is 7.99. The van der Waals surface area contributed by atoms with E-state index in [-0.39, 0.29) is 29.4 Å². The van der Waals surface area contributed by atoms with E-state index in [0.717, 1.165) is 29.7 Å². The average molecular weight is 556 g/mol. The molecule has 0 atom stereocenters. The first-order valence-electron chi connectivity index (χ1n) is 11.8.